The summed E-state index contributed by atoms with van der Waals surface area (Å²) in [6.45, 7) is 4.99. The van der Waals surface area contributed by atoms with E-state index >= 15 is 0 Å². The predicted molar refractivity (Wildman–Crippen MR) is 255 cm³/mol. The van der Waals surface area contributed by atoms with Gasteiger partial charge in [0, 0.05) is 91.4 Å². The number of hydrogen-bond acceptors (Lipinski definition) is 12. The number of anilines is 3. The molecule has 0 saturated carbocycles. The normalized spacial score (nSPS) is 16.7. The molecule has 1 aromatic heterocycles. The minimum Gasteiger partial charge on any atom is -0.496 e. The number of unbranched alkanes of at least 4 members (excludes halogenated alkanes) is 1. The van der Waals surface area contributed by atoms with Crippen molar-refractivity contribution in [2.24, 2.45) is 0 Å². The highest BCUT2D eigenvalue weighted by molar-refractivity contribution is 9.10. The highest BCUT2D eigenvalue weighted by Gasteiger charge is 2.40. The Balaban J connectivity index is 0.00000720. The van der Waals surface area contributed by atoms with E-state index in [0.717, 1.165) is 22.0 Å². The van der Waals surface area contributed by atoms with E-state index in [0.29, 0.717) is 117 Å². The van der Waals surface area contributed by atoms with Crippen LogP contribution in [0.3, 0.4) is 0 Å². The van der Waals surface area contributed by atoms with Crippen molar-refractivity contribution in [1.82, 2.24) is 25.5 Å². The third-order valence-corrected chi connectivity index (χ3v) is 12.5. The Morgan fingerprint density at radius 2 is 1.77 bits per heavy atom. The SMILES string of the molecule is CC[C@@H]1C(=O)N(C)c2cnc(Cc3ccc(C(=O)CCCOCCNCCCCC(=O)Nc4cccc5c4CN(C4CCC(=O)NC4=O)C5=O)cc3OC)nc2N1Cc1ccc(Br)cc1.Cl. The van der Waals surface area contributed by atoms with Gasteiger partial charge in [-0.25, -0.2) is 9.97 Å². The Morgan fingerprint density at radius 1 is 0.970 bits per heavy atom. The van der Waals surface area contributed by atoms with Crippen LogP contribution >= 0.6 is 28.3 Å². The molecule has 0 radical (unpaired) electrons. The number of Topliss-reactive ketones (excluding diaryl/α,β-unsaturated/α-hetero) is 1. The molecule has 0 aliphatic carbocycles. The van der Waals surface area contributed by atoms with Crippen molar-refractivity contribution in [3.05, 3.63) is 105 Å². The number of carbonyl (C=O) groups excluding carboxylic acids is 6. The molecule has 2 atom stereocenters. The monoisotopic (exact) mass is 986 g/mol. The number of nitrogens with zero attached hydrogens (tertiary/aromatic N) is 5. The van der Waals surface area contributed by atoms with E-state index in [1.165, 1.54) is 4.90 Å². The van der Waals surface area contributed by atoms with Crippen molar-refractivity contribution in [1.29, 1.82) is 0 Å². The third-order valence-electron chi connectivity index (χ3n) is 12.0. The Kier molecular flexibility index (Phi) is 17.4. The van der Waals surface area contributed by atoms with Crippen LogP contribution in [0.25, 0.3) is 0 Å². The summed E-state index contributed by atoms with van der Waals surface area (Å²) in [4.78, 5) is 91.1. The molecule has 1 unspecified atom stereocenters. The topological polar surface area (TPSA) is 192 Å². The van der Waals surface area contributed by atoms with Crippen LogP contribution in [0.5, 0.6) is 5.75 Å². The predicted octanol–water partition coefficient (Wildman–Crippen LogP) is 6.16. The van der Waals surface area contributed by atoms with Crippen LogP contribution in [-0.4, -0.2) is 103 Å². The molecule has 7 rings (SSSR count). The fourth-order valence-corrected chi connectivity index (χ4v) is 8.72. The van der Waals surface area contributed by atoms with Crippen LogP contribution in [0.15, 0.2) is 71.3 Å². The number of ether oxygens (including phenoxy) is 2. The number of aromatic nitrogens is 2. The number of halogens is 2. The first-order valence-electron chi connectivity index (χ1n) is 22.1. The third kappa shape index (κ3) is 11.8. The molecule has 4 heterocycles. The van der Waals surface area contributed by atoms with Gasteiger partial charge in [-0.05, 0) is 74.5 Å². The number of methoxy groups -OCH3 is 1. The second kappa shape index (κ2) is 23.1. The van der Waals surface area contributed by atoms with Gasteiger partial charge in [-0.15, -0.1) is 12.4 Å². The van der Waals surface area contributed by atoms with Gasteiger partial charge < -0.3 is 34.8 Å². The van der Waals surface area contributed by atoms with Gasteiger partial charge >= 0.3 is 0 Å². The lowest BCUT2D eigenvalue weighted by molar-refractivity contribution is -0.137. The molecule has 16 nitrogen and oxygen atoms in total. The van der Waals surface area contributed by atoms with Crippen molar-refractivity contribution < 1.29 is 38.2 Å². The van der Waals surface area contributed by atoms with Gasteiger partial charge in [0.15, 0.2) is 11.6 Å². The number of imide groups is 1. The van der Waals surface area contributed by atoms with Gasteiger partial charge in [-0.1, -0.05) is 53.2 Å². The summed E-state index contributed by atoms with van der Waals surface area (Å²) in [7, 11) is 3.34. The second-order valence-corrected chi connectivity index (χ2v) is 17.3. The molecule has 3 aromatic carbocycles. The van der Waals surface area contributed by atoms with Crippen LogP contribution in [0, 0.1) is 0 Å². The largest absolute Gasteiger partial charge is 0.496 e. The molecule has 4 aromatic rings. The number of piperidine rings is 1. The van der Waals surface area contributed by atoms with E-state index in [9.17, 15) is 28.8 Å². The van der Waals surface area contributed by atoms with E-state index in [4.69, 9.17) is 14.5 Å². The quantitative estimate of drug-likeness (QED) is 0.0490. The molecule has 66 heavy (non-hydrogen) atoms. The zero-order valence-corrected chi connectivity index (χ0v) is 39.8. The first-order valence-corrected chi connectivity index (χ1v) is 22.9. The number of nitrogens with one attached hydrogen (secondary N) is 3. The van der Waals surface area contributed by atoms with Gasteiger partial charge in [0.1, 0.15) is 29.3 Å². The summed E-state index contributed by atoms with van der Waals surface area (Å²) in [5.41, 5.74) is 4.78. The summed E-state index contributed by atoms with van der Waals surface area (Å²) in [6.07, 6.45) is 5.81. The van der Waals surface area contributed by atoms with Crippen LogP contribution in [0.2, 0.25) is 0 Å². The molecule has 0 spiro atoms. The summed E-state index contributed by atoms with van der Waals surface area (Å²) >= 11 is 3.50. The van der Waals surface area contributed by atoms with Crippen LogP contribution in [0.4, 0.5) is 17.2 Å². The zero-order chi connectivity index (χ0) is 46.0. The summed E-state index contributed by atoms with van der Waals surface area (Å²) < 4.78 is 12.5. The zero-order valence-electron chi connectivity index (χ0n) is 37.4. The Labute approximate surface area is 399 Å². The second-order valence-electron chi connectivity index (χ2n) is 16.4. The Hall–Kier alpha value is -5.75. The number of hydrogen-bond donors (Lipinski definition) is 3. The molecule has 1 fully saturated rings. The number of fused-ring (bicyclic) bond motifs is 2. The standard InChI is InChI=1S/C48H55BrN8O8.ClH/c1-4-37-48(63)55(2)39-27-51-42(53-45(39)56(37)28-30-13-17-33(49)18-14-30)26-32-16-15-31(25-41(32)64-3)40(58)11-8-23-65-24-22-50-21-6-5-12-43(59)52-36-10-7-9-34-35(36)29-57(47(34)62)38-19-20-44(60)54-46(38)61;/h7,9-10,13-18,25,27,37-38,50H,4-6,8,11-12,19-24,26,28-29H2,1-3H3,(H,52,59)(H,54,60,61);1H/t37-,38?;/m1./s1. The van der Waals surface area contributed by atoms with Crippen LogP contribution in [0.1, 0.15) is 102 Å². The first kappa shape index (κ1) is 49.7. The van der Waals surface area contributed by atoms with Crippen molar-refractivity contribution in [2.75, 3.05) is 55.6 Å². The van der Waals surface area contributed by atoms with E-state index < -0.39 is 11.9 Å². The molecule has 0 bridgehead atoms. The van der Waals surface area contributed by atoms with Gasteiger partial charge in [0.2, 0.25) is 23.6 Å². The lowest BCUT2D eigenvalue weighted by Crippen LogP contribution is -2.52. The van der Waals surface area contributed by atoms with E-state index in [1.54, 1.807) is 55.6 Å². The summed E-state index contributed by atoms with van der Waals surface area (Å²) in [5.74, 6) is 0.587. The molecular formula is C48H56BrClN8O8. The van der Waals surface area contributed by atoms with Gasteiger partial charge in [-0.3, -0.25) is 34.1 Å². The maximum Gasteiger partial charge on any atom is 0.255 e. The molecule has 1 saturated heterocycles. The van der Waals surface area contributed by atoms with E-state index in [2.05, 4.69) is 41.8 Å². The van der Waals surface area contributed by atoms with Crippen molar-refractivity contribution in [3.63, 3.8) is 0 Å². The molecule has 5 amide bonds. The van der Waals surface area contributed by atoms with Gasteiger partial charge in [0.25, 0.3) is 5.91 Å². The van der Waals surface area contributed by atoms with Crippen LogP contribution in [-0.2, 0) is 43.4 Å². The van der Waals surface area contributed by atoms with Gasteiger partial charge in [-0.2, -0.15) is 0 Å². The smallest absolute Gasteiger partial charge is 0.255 e. The van der Waals surface area contributed by atoms with Crippen molar-refractivity contribution in [3.8, 4) is 5.75 Å². The number of amides is 5. The minimum absolute atomic E-state index is 0. The number of likely N-dealkylation sites (N-methyl/N-ethyl adjacent to an activating group) is 1. The molecule has 3 aliphatic rings. The van der Waals surface area contributed by atoms with Crippen LogP contribution < -0.4 is 30.5 Å². The van der Waals surface area contributed by atoms with E-state index in [-0.39, 0.29) is 67.2 Å². The highest BCUT2D eigenvalue weighted by Crippen LogP contribution is 2.37. The maximum absolute atomic E-state index is 13.3. The molecule has 350 valence electrons. The summed E-state index contributed by atoms with van der Waals surface area (Å²) in [5, 5.41) is 8.56. The lowest BCUT2D eigenvalue weighted by atomic mass is 10.0. The number of ketones is 1. The molecule has 3 N–H and O–H groups in total. The average Bonchev–Trinajstić information content (AvgIpc) is 3.64. The maximum atomic E-state index is 13.3. The lowest BCUT2D eigenvalue weighted by Gasteiger charge is -2.40. The fraction of sp³-hybridized carbons (Fsp3) is 0.417. The summed E-state index contributed by atoms with van der Waals surface area (Å²) in [6, 6.07) is 17.6. The average molecular weight is 988 g/mol. The molecular weight excluding hydrogens is 932 g/mol. The molecule has 3 aliphatic heterocycles. The Morgan fingerprint density at radius 3 is 2.53 bits per heavy atom. The van der Waals surface area contributed by atoms with Crippen molar-refractivity contribution in [2.45, 2.75) is 89.9 Å². The number of benzene rings is 3. The minimum atomic E-state index is -0.718. The van der Waals surface area contributed by atoms with Gasteiger partial charge in [0.05, 0.1) is 19.9 Å². The first-order chi connectivity index (χ1) is 31.4. The van der Waals surface area contributed by atoms with E-state index in [1.807, 2.05) is 37.3 Å². The highest BCUT2D eigenvalue weighted by atomic mass is 79.9. The van der Waals surface area contributed by atoms with Crippen molar-refractivity contribution >= 4 is 80.8 Å². The Bertz CT molecular complexity index is 2440. The fourth-order valence-electron chi connectivity index (χ4n) is 8.46. The number of rotatable bonds is 21. The number of carbonyl (C=O) groups is 6. The molecule has 18 heteroatoms.